The molecule has 2 saturated heterocycles. The van der Waals surface area contributed by atoms with Crippen LogP contribution in [-0.4, -0.2) is 37.0 Å². The Morgan fingerprint density at radius 2 is 1.82 bits per heavy atom. The highest BCUT2D eigenvalue weighted by atomic mass is 16.2. The first kappa shape index (κ1) is 17.8. The Kier molecular flexibility index (Phi) is 6.31. The van der Waals surface area contributed by atoms with Crippen LogP contribution in [0.4, 0.5) is 0 Å². The molecule has 2 aliphatic heterocycles. The van der Waals surface area contributed by atoms with E-state index in [1.54, 1.807) is 0 Å². The van der Waals surface area contributed by atoms with Crippen molar-refractivity contribution in [1.29, 1.82) is 0 Å². The first-order valence-electron chi connectivity index (χ1n) is 9.36. The van der Waals surface area contributed by atoms with Crippen molar-refractivity contribution in [2.75, 3.05) is 26.2 Å². The number of carbonyl (C=O) groups is 1. The van der Waals surface area contributed by atoms with Crippen LogP contribution in [0, 0.1) is 23.2 Å². The van der Waals surface area contributed by atoms with Crippen LogP contribution < -0.4 is 5.32 Å². The Balaban J connectivity index is 1.82. The zero-order valence-electron chi connectivity index (χ0n) is 15.2. The minimum Gasteiger partial charge on any atom is -0.343 e. The Bertz CT molecular complexity index is 355. The van der Waals surface area contributed by atoms with Crippen LogP contribution in [0.1, 0.15) is 66.2 Å². The van der Waals surface area contributed by atoms with E-state index in [9.17, 15) is 4.79 Å². The zero-order chi connectivity index (χ0) is 16.2. The van der Waals surface area contributed by atoms with E-state index in [-0.39, 0.29) is 0 Å². The average molecular weight is 309 g/mol. The van der Waals surface area contributed by atoms with Gasteiger partial charge in [-0.05, 0) is 68.4 Å². The number of amides is 1. The van der Waals surface area contributed by atoms with Gasteiger partial charge in [0.15, 0.2) is 0 Å². The fourth-order valence-electron chi connectivity index (χ4n) is 4.20. The van der Waals surface area contributed by atoms with Crippen LogP contribution in [0.2, 0.25) is 0 Å². The molecule has 0 aromatic heterocycles. The maximum atomic E-state index is 12.7. The van der Waals surface area contributed by atoms with Crippen LogP contribution in [-0.2, 0) is 4.79 Å². The van der Waals surface area contributed by atoms with Crippen molar-refractivity contribution < 1.29 is 4.79 Å². The van der Waals surface area contributed by atoms with Gasteiger partial charge in [0.1, 0.15) is 0 Å². The molecule has 0 radical (unpaired) electrons. The van der Waals surface area contributed by atoms with Crippen molar-refractivity contribution in [2.45, 2.75) is 66.2 Å². The number of hydrogen-bond donors (Lipinski definition) is 1. The summed E-state index contributed by atoms with van der Waals surface area (Å²) in [6, 6.07) is 0. The number of piperidine rings is 1. The van der Waals surface area contributed by atoms with Crippen LogP contribution in [0.15, 0.2) is 0 Å². The van der Waals surface area contributed by atoms with E-state index < -0.39 is 0 Å². The fraction of sp³-hybridized carbons (Fsp3) is 0.947. The number of rotatable bonds is 3. The monoisotopic (exact) mass is 308 g/mol. The van der Waals surface area contributed by atoms with Crippen molar-refractivity contribution in [3.63, 3.8) is 0 Å². The van der Waals surface area contributed by atoms with Crippen LogP contribution in [0.5, 0.6) is 0 Å². The van der Waals surface area contributed by atoms with Gasteiger partial charge in [-0.3, -0.25) is 4.79 Å². The SMILES string of the molecule is CC(CC(=O)N1CCCC(C(C)(C)C)CC1)C1CCNCC1. The van der Waals surface area contributed by atoms with E-state index >= 15 is 0 Å². The van der Waals surface area contributed by atoms with Crippen molar-refractivity contribution in [3.8, 4) is 0 Å². The lowest BCUT2D eigenvalue weighted by Gasteiger charge is -2.31. The molecular weight excluding hydrogens is 272 g/mol. The standard InChI is InChI=1S/C19H36N2O/c1-15(16-7-10-20-11-8-16)14-18(22)21-12-5-6-17(9-13-21)19(2,3)4/h15-17,20H,5-14H2,1-4H3. The van der Waals surface area contributed by atoms with Gasteiger partial charge in [-0.1, -0.05) is 27.7 Å². The van der Waals surface area contributed by atoms with Crippen molar-refractivity contribution in [1.82, 2.24) is 10.2 Å². The molecule has 2 rings (SSSR count). The molecule has 0 aromatic rings. The van der Waals surface area contributed by atoms with E-state index in [4.69, 9.17) is 0 Å². The molecule has 0 saturated carbocycles. The first-order chi connectivity index (χ1) is 10.4. The van der Waals surface area contributed by atoms with E-state index in [1.165, 1.54) is 32.1 Å². The van der Waals surface area contributed by atoms with Gasteiger partial charge in [0.2, 0.25) is 5.91 Å². The minimum atomic E-state index is 0.376. The van der Waals surface area contributed by atoms with Crippen LogP contribution in [0.3, 0.4) is 0 Å². The largest absolute Gasteiger partial charge is 0.343 e. The van der Waals surface area contributed by atoms with Crippen molar-refractivity contribution in [2.24, 2.45) is 23.2 Å². The molecular formula is C19H36N2O. The summed E-state index contributed by atoms with van der Waals surface area (Å²) >= 11 is 0. The summed E-state index contributed by atoms with van der Waals surface area (Å²) in [6.07, 6.45) is 6.86. The molecule has 2 heterocycles. The second-order valence-corrected chi connectivity index (χ2v) is 8.64. The first-order valence-corrected chi connectivity index (χ1v) is 9.36. The van der Waals surface area contributed by atoms with Gasteiger partial charge < -0.3 is 10.2 Å². The van der Waals surface area contributed by atoms with Gasteiger partial charge in [-0.2, -0.15) is 0 Å². The topological polar surface area (TPSA) is 32.3 Å². The Morgan fingerprint density at radius 3 is 2.45 bits per heavy atom. The Hall–Kier alpha value is -0.570. The number of likely N-dealkylation sites (tertiary alicyclic amines) is 1. The highest BCUT2D eigenvalue weighted by Crippen LogP contribution is 2.34. The molecule has 1 amide bonds. The Labute approximate surface area is 137 Å². The molecule has 2 atom stereocenters. The molecule has 0 spiro atoms. The maximum Gasteiger partial charge on any atom is 0.222 e. The highest BCUT2D eigenvalue weighted by molar-refractivity contribution is 5.76. The third kappa shape index (κ3) is 4.97. The van der Waals surface area contributed by atoms with Gasteiger partial charge >= 0.3 is 0 Å². The van der Waals surface area contributed by atoms with E-state index in [0.29, 0.717) is 17.2 Å². The van der Waals surface area contributed by atoms with E-state index in [1.807, 2.05) is 0 Å². The van der Waals surface area contributed by atoms with Crippen molar-refractivity contribution in [3.05, 3.63) is 0 Å². The summed E-state index contributed by atoms with van der Waals surface area (Å²) in [5, 5.41) is 3.42. The molecule has 22 heavy (non-hydrogen) atoms. The summed E-state index contributed by atoms with van der Waals surface area (Å²) in [7, 11) is 0. The summed E-state index contributed by atoms with van der Waals surface area (Å²) in [5.41, 5.74) is 0.376. The third-order valence-electron chi connectivity index (χ3n) is 5.99. The van der Waals surface area contributed by atoms with Gasteiger partial charge in [0, 0.05) is 19.5 Å². The minimum absolute atomic E-state index is 0.376. The van der Waals surface area contributed by atoms with Gasteiger partial charge in [-0.25, -0.2) is 0 Å². The molecule has 3 heteroatoms. The maximum absolute atomic E-state index is 12.7. The number of carbonyl (C=O) groups excluding carboxylic acids is 1. The molecule has 0 bridgehead atoms. The summed E-state index contributed by atoms with van der Waals surface area (Å²) in [6.45, 7) is 13.5. The third-order valence-corrected chi connectivity index (χ3v) is 5.99. The molecule has 128 valence electrons. The lowest BCUT2D eigenvalue weighted by molar-refractivity contribution is -0.132. The number of hydrogen-bond acceptors (Lipinski definition) is 2. The molecule has 1 N–H and O–H groups in total. The predicted molar refractivity (Wildman–Crippen MR) is 92.8 cm³/mol. The predicted octanol–water partition coefficient (Wildman–Crippen LogP) is 3.69. The van der Waals surface area contributed by atoms with Gasteiger partial charge in [-0.15, -0.1) is 0 Å². The molecule has 0 aromatic carbocycles. The lowest BCUT2D eigenvalue weighted by atomic mass is 9.77. The summed E-state index contributed by atoms with van der Waals surface area (Å²) in [5.74, 6) is 2.43. The lowest BCUT2D eigenvalue weighted by Crippen LogP contribution is -2.36. The zero-order valence-corrected chi connectivity index (χ0v) is 15.2. The van der Waals surface area contributed by atoms with Crippen LogP contribution >= 0.6 is 0 Å². The summed E-state index contributed by atoms with van der Waals surface area (Å²) in [4.78, 5) is 14.8. The van der Waals surface area contributed by atoms with E-state index in [2.05, 4.69) is 37.9 Å². The molecule has 0 aliphatic carbocycles. The number of nitrogens with one attached hydrogen (secondary N) is 1. The second kappa shape index (κ2) is 7.81. The van der Waals surface area contributed by atoms with Crippen LogP contribution in [0.25, 0.3) is 0 Å². The summed E-state index contributed by atoms with van der Waals surface area (Å²) < 4.78 is 0. The molecule has 2 unspecified atom stereocenters. The normalized spacial score (nSPS) is 26.5. The average Bonchev–Trinajstić information content (AvgIpc) is 2.73. The van der Waals surface area contributed by atoms with Crippen molar-refractivity contribution >= 4 is 5.91 Å². The Morgan fingerprint density at radius 1 is 1.14 bits per heavy atom. The molecule has 3 nitrogen and oxygen atoms in total. The fourth-order valence-corrected chi connectivity index (χ4v) is 4.20. The number of nitrogens with zero attached hydrogens (tertiary/aromatic N) is 1. The molecule has 2 aliphatic rings. The van der Waals surface area contributed by atoms with Gasteiger partial charge in [0.25, 0.3) is 0 Å². The van der Waals surface area contributed by atoms with Gasteiger partial charge in [0.05, 0.1) is 0 Å². The molecule has 2 fully saturated rings. The smallest absolute Gasteiger partial charge is 0.222 e. The second-order valence-electron chi connectivity index (χ2n) is 8.64. The highest BCUT2D eigenvalue weighted by Gasteiger charge is 2.29. The van der Waals surface area contributed by atoms with E-state index in [0.717, 1.165) is 44.4 Å². The quantitative estimate of drug-likeness (QED) is 0.862.